The van der Waals surface area contributed by atoms with Crippen LogP contribution in [0.5, 0.6) is 0 Å². The number of nitrogens with two attached hydrogens (primary N) is 1. The number of carbonyl (C=O) groups is 16. The number of aliphatic hydroxyl groups excluding tert-OH is 4. The first-order chi connectivity index (χ1) is 48.2. The van der Waals surface area contributed by atoms with Crippen LogP contribution < -0.4 is 80.2 Å². The zero-order valence-corrected chi connectivity index (χ0v) is 60.2. The number of carbonyl (C=O) groups excluding carboxylic acids is 15. The highest BCUT2D eigenvalue weighted by atomic mass is 32.2. The first-order valence-electron chi connectivity index (χ1n) is 33.5. The Morgan fingerprint density at radius 2 is 1.03 bits per heavy atom. The molecular weight excluding hydrogens is 1410 g/mol. The van der Waals surface area contributed by atoms with Gasteiger partial charge in [0.05, 0.1) is 64.1 Å². The first-order valence-corrected chi connectivity index (χ1v) is 36.0. The van der Waals surface area contributed by atoms with E-state index in [2.05, 4.69) is 68.3 Å². The van der Waals surface area contributed by atoms with Crippen molar-refractivity contribution in [2.75, 3.05) is 51.8 Å². The van der Waals surface area contributed by atoms with Gasteiger partial charge < -0.3 is 120 Å². The van der Waals surface area contributed by atoms with Crippen molar-refractivity contribution >= 4 is 114 Å². The molecule has 0 spiro atoms. The smallest absolute Gasteiger partial charge is 0.469 e. The van der Waals surface area contributed by atoms with Crippen molar-refractivity contribution in [1.29, 1.82) is 0 Å². The molecule has 3 aliphatic rings. The zero-order valence-electron chi connectivity index (χ0n) is 58.5. The first kappa shape index (κ1) is 88.8. The summed E-state index contributed by atoms with van der Waals surface area (Å²) in [7, 11) is -5.46. The lowest BCUT2D eigenvalue weighted by molar-refractivity contribution is -0.144. The average molecular weight is 1510 g/mol. The molecule has 41 nitrogen and oxygen atoms in total. The third-order valence-corrected chi connectivity index (χ3v) is 18.2. The van der Waals surface area contributed by atoms with E-state index in [0.29, 0.717) is 12.8 Å². The van der Waals surface area contributed by atoms with Gasteiger partial charge in [0, 0.05) is 24.0 Å². The number of hydrogen-bond donors (Lipinski definition) is 22. The molecule has 0 unspecified atom stereocenters. The minimum absolute atomic E-state index is 0.00867. The van der Waals surface area contributed by atoms with Gasteiger partial charge in [-0.25, -0.2) is 9.36 Å². The van der Waals surface area contributed by atoms with E-state index in [9.17, 15) is 117 Å². The number of hydrogen-bond acceptors (Lipinski definition) is 23. The molecule has 582 valence electrons. The minimum atomic E-state index is -5.46. The third kappa shape index (κ3) is 30.8. The molecule has 3 heterocycles. The topological polar surface area (TPSA) is 639 Å². The molecule has 3 fully saturated rings. The van der Waals surface area contributed by atoms with E-state index in [0.717, 1.165) is 24.0 Å². The van der Waals surface area contributed by atoms with E-state index in [-0.39, 0.29) is 80.3 Å². The quantitative estimate of drug-likeness (QED) is 0.0153. The minimum Gasteiger partial charge on any atom is -0.481 e. The van der Waals surface area contributed by atoms with E-state index in [1.54, 1.807) is 53.3 Å². The summed E-state index contributed by atoms with van der Waals surface area (Å²) in [5.41, 5.74) is 5.30. The number of likely N-dealkylation sites (tertiary alicyclic amines) is 1. The molecule has 43 heteroatoms. The molecule has 15 atom stereocenters. The van der Waals surface area contributed by atoms with Crippen molar-refractivity contribution in [3.05, 3.63) is 0 Å². The summed E-state index contributed by atoms with van der Waals surface area (Å²) in [5, 5.41) is 84.1. The van der Waals surface area contributed by atoms with Gasteiger partial charge in [-0.15, -0.1) is 0 Å². The van der Waals surface area contributed by atoms with Gasteiger partial charge in [0.2, 0.25) is 82.7 Å². The summed E-state index contributed by atoms with van der Waals surface area (Å²) in [4.78, 5) is 230. The van der Waals surface area contributed by atoms with Gasteiger partial charge in [-0.3, -0.25) is 76.4 Å². The zero-order chi connectivity index (χ0) is 77.7. The van der Waals surface area contributed by atoms with Crippen LogP contribution in [0.4, 0.5) is 4.79 Å². The van der Waals surface area contributed by atoms with Crippen LogP contribution in [0.25, 0.3) is 0 Å². The maximum Gasteiger partial charge on any atom is 0.469 e. The van der Waals surface area contributed by atoms with Crippen molar-refractivity contribution in [1.82, 2.24) is 79.3 Å². The van der Waals surface area contributed by atoms with Crippen LogP contribution in [-0.4, -0.2) is 277 Å². The van der Waals surface area contributed by atoms with Gasteiger partial charge in [0.15, 0.2) is 0 Å². The van der Waals surface area contributed by atoms with Crippen molar-refractivity contribution in [2.24, 2.45) is 23.5 Å². The number of carboxylic acids is 1. The molecular formula is C60H101N16O25PS. The lowest BCUT2D eigenvalue weighted by Crippen LogP contribution is -2.62. The fourth-order valence-electron chi connectivity index (χ4n) is 10.9. The average Bonchev–Trinajstić information content (AvgIpc) is 1.61. The number of phosphoric acid groups is 1. The Bertz CT molecular complexity index is 3070. The number of rotatable bonds is 45. The number of aliphatic hydroxyl groups is 4. The van der Waals surface area contributed by atoms with Crippen LogP contribution in [0, 0.1) is 17.8 Å². The van der Waals surface area contributed by atoms with Crippen LogP contribution in [0.3, 0.4) is 0 Å². The number of thioether (sulfide) groups is 1. The summed E-state index contributed by atoms with van der Waals surface area (Å²) >= 11 is 1.73. The Kier molecular flexibility index (Phi) is 37.1. The number of fused-ring (bicyclic) bond motifs is 1. The van der Waals surface area contributed by atoms with E-state index in [1.165, 1.54) is 6.92 Å². The largest absolute Gasteiger partial charge is 0.481 e. The van der Waals surface area contributed by atoms with E-state index in [1.807, 2.05) is 10.6 Å². The Balaban J connectivity index is 1.68. The monoisotopic (exact) mass is 1510 g/mol. The molecule has 23 N–H and O–H groups in total. The summed E-state index contributed by atoms with van der Waals surface area (Å²) < 4.78 is 16.5. The Morgan fingerprint density at radius 1 is 0.583 bits per heavy atom. The van der Waals surface area contributed by atoms with Gasteiger partial charge in [0.25, 0.3) is 0 Å². The Hall–Kier alpha value is -8.38. The number of nitrogens with one attached hydrogen (secondary N) is 14. The van der Waals surface area contributed by atoms with Gasteiger partial charge in [0.1, 0.15) is 66.5 Å². The fourth-order valence-corrected chi connectivity index (χ4v) is 12.8. The van der Waals surface area contributed by atoms with Crippen molar-refractivity contribution < 1.29 is 121 Å². The number of primary amides is 1. The molecule has 0 aromatic carbocycles. The molecule has 3 rings (SSSR count). The van der Waals surface area contributed by atoms with Crippen LogP contribution in [0.1, 0.15) is 120 Å². The molecule has 0 aliphatic carbocycles. The van der Waals surface area contributed by atoms with E-state index in [4.69, 9.17) is 5.73 Å². The highest BCUT2D eigenvalue weighted by molar-refractivity contribution is 8.00. The molecule has 0 bridgehead atoms. The standard InChI is InChI=1S/C60H101N16O25PS/c1-27(2)16-32(50(87)64-30(7)49(61)86)66-51(88)34(18-29(5)6)69-58(95)47(31(8)80)74-57(94)41-12-11-15-76(41)59(96)39(25-101-102(98,99)100)72-56(93)38(24-79)70-52(89)33(17-28(3)4)67-55(92)37(23-78)71-53(90)35(19-46(84)85)68-54(91)36(22-77)65-45(83)21-63-44(82)20-62-43(81)14-10-9-13-42-48-40(26-103-42)73-60(97)75-48/h27-42,47-48,77-80H,9-26H2,1-8H3,(H2,61,86)(H,62,81)(H,63,82)(H,64,87)(H,65,83)(H,66,88)(H,67,92)(H,68,91)(H,69,95)(H,70,89)(H,71,90)(H,72,93)(H,74,94)(H,84,85)(H2,73,75,97)(H2,98,99,100)/t30-,31+,32-,33-,34-,35-,36-,37-,38-,39-,40-,41-,42-,47-,48-/m0/s1. The normalized spacial score (nSPS) is 19.5. The number of phosphoric ester groups is 1. The van der Waals surface area contributed by atoms with Crippen molar-refractivity contribution in [2.45, 2.75) is 209 Å². The number of urea groups is 1. The molecule has 3 saturated heterocycles. The number of unbranched alkanes of at least 4 members (excludes halogenated alkanes) is 1. The van der Waals surface area contributed by atoms with Gasteiger partial charge >= 0.3 is 19.8 Å². The highest BCUT2D eigenvalue weighted by Crippen LogP contribution is 2.36. The number of nitrogens with zero attached hydrogens (tertiary/aromatic N) is 1. The summed E-state index contributed by atoms with van der Waals surface area (Å²) in [6, 6.07) is -19.1. The predicted octanol–water partition coefficient (Wildman–Crippen LogP) is -8.63. The SMILES string of the molecule is CC(C)C[C@H](NC(=O)[C@H](CC(C)C)NC(=O)[C@@H](NC(=O)[C@@H]1CCCN1C(=O)[C@H](COP(=O)(O)O)NC(=O)[C@H](CO)NC(=O)[C@H](CC(C)C)NC(=O)[C@H](CO)NC(=O)[C@H](CC(=O)O)NC(=O)[C@H](CO)NC(=O)CNC(=O)CNC(=O)CCCC[C@@H]1SC[C@@H]2NC(=O)N[C@@H]21)[C@@H](C)O)C(=O)N[C@@H](C)C(N)=O. The third-order valence-electron chi connectivity index (χ3n) is 16.2. The summed E-state index contributed by atoms with van der Waals surface area (Å²) in [5.74, 6) is -16.7. The lowest BCUT2D eigenvalue weighted by atomic mass is 9.99. The second-order valence-electron chi connectivity index (χ2n) is 26.3. The second kappa shape index (κ2) is 43.0. The lowest BCUT2D eigenvalue weighted by Gasteiger charge is -2.31. The second-order valence-corrected chi connectivity index (χ2v) is 28.9. The summed E-state index contributed by atoms with van der Waals surface area (Å²) in [6.07, 6.45) is -1.12. The van der Waals surface area contributed by atoms with Crippen molar-refractivity contribution in [3.63, 3.8) is 0 Å². The van der Waals surface area contributed by atoms with Crippen LogP contribution in [0.15, 0.2) is 0 Å². The van der Waals surface area contributed by atoms with E-state index < -0.39 is 221 Å². The number of carboxylic acid groups (broad SMARTS) is 1. The molecule has 16 amide bonds. The Labute approximate surface area is 597 Å². The van der Waals surface area contributed by atoms with Gasteiger partial charge in [-0.1, -0.05) is 48.0 Å². The molecule has 103 heavy (non-hydrogen) atoms. The van der Waals surface area contributed by atoms with Crippen LogP contribution in [0.2, 0.25) is 0 Å². The number of aliphatic carboxylic acids is 1. The fraction of sp³-hybridized carbons (Fsp3) is 0.733. The summed E-state index contributed by atoms with van der Waals surface area (Å²) in [6.45, 7) is 6.02. The van der Waals surface area contributed by atoms with Crippen LogP contribution >= 0.6 is 19.6 Å². The molecule has 3 aliphatic heterocycles. The highest BCUT2D eigenvalue weighted by Gasteiger charge is 2.44. The van der Waals surface area contributed by atoms with Gasteiger partial charge in [-0.2, -0.15) is 11.8 Å². The predicted molar refractivity (Wildman–Crippen MR) is 360 cm³/mol. The van der Waals surface area contributed by atoms with Crippen molar-refractivity contribution in [3.8, 4) is 0 Å². The maximum absolute atomic E-state index is 14.3. The van der Waals surface area contributed by atoms with Crippen LogP contribution in [-0.2, 0) is 81.0 Å². The van der Waals surface area contributed by atoms with Gasteiger partial charge in [-0.05, 0) is 76.5 Å². The van der Waals surface area contributed by atoms with E-state index >= 15 is 0 Å². The maximum atomic E-state index is 14.3. The molecule has 0 aromatic heterocycles. The molecule has 0 radical (unpaired) electrons. The Morgan fingerprint density at radius 3 is 1.51 bits per heavy atom. The molecule has 0 aromatic rings. The molecule has 0 saturated carbocycles. The number of amides is 16.